The van der Waals surface area contributed by atoms with E-state index in [0.717, 1.165) is 6.07 Å². The third-order valence-electron chi connectivity index (χ3n) is 2.52. The molecule has 0 aliphatic carbocycles. The van der Waals surface area contributed by atoms with E-state index in [0.29, 0.717) is 0 Å². The molecule has 0 aliphatic rings. The van der Waals surface area contributed by atoms with E-state index < -0.39 is 30.3 Å². The Labute approximate surface area is 117 Å². The zero-order valence-electron chi connectivity index (χ0n) is 10.5. The van der Waals surface area contributed by atoms with Crippen molar-refractivity contribution in [1.82, 2.24) is 15.5 Å². The minimum absolute atomic E-state index is 0.283. The summed E-state index contributed by atoms with van der Waals surface area (Å²) >= 11 is 0. The Morgan fingerprint density at radius 1 is 1.33 bits per heavy atom. The predicted octanol–water partition coefficient (Wildman–Crippen LogP) is 0.635. The van der Waals surface area contributed by atoms with Gasteiger partial charge in [-0.2, -0.15) is 0 Å². The van der Waals surface area contributed by atoms with Crippen molar-refractivity contribution < 1.29 is 22.8 Å². The van der Waals surface area contributed by atoms with Crippen LogP contribution in [0.4, 0.5) is 8.78 Å². The minimum Gasteiger partial charge on any atom is -0.420 e. The lowest BCUT2D eigenvalue weighted by atomic mass is 10.1. The largest absolute Gasteiger partial charge is 0.420 e. The maximum absolute atomic E-state index is 13.5. The van der Waals surface area contributed by atoms with Gasteiger partial charge in [-0.1, -0.05) is 12.1 Å². The molecule has 110 valence electrons. The number of aromatic nitrogens is 2. The fourth-order valence-corrected chi connectivity index (χ4v) is 1.55. The average Bonchev–Trinajstić information content (AvgIpc) is 2.93. The van der Waals surface area contributed by atoms with E-state index in [1.807, 2.05) is 0 Å². The Bertz CT molecular complexity index is 674. The van der Waals surface area contributed by atoms with Crippen molar-refractivity contribution in [2.75, 3.05) is 0 Å². The summed E-state index contributed by atoms with van der Waals surface area (Å²) in [4.78, 5) is 23.2. The first-order chi connectivity index (χ1) is 10.0. The lowest BCUT2D eigenvalue weighted by Gasteiger charge is -2.11. The van der Waals surface area contributed by atoms with Crippen LogP contribution in [-0.2, 0) is 11.5 Å². The van der Waals surface area contributed by atoms with Gasteiger partial charge < -0.3 is 15.5 Å². The van der Waals surface area contributed by atoms with Crippen LogP contribution in [-0.4, -0.2) is 22.0 Å². The molecule has 7 nitrogen and oxygen atoms in total. The lowest BCUT2D eigenvalue weighted by molar-refractivity contribution is -0.120. The zero-order chi connectivity index (χ0) is 15.4. The minimum atomic E-state index is -1.48. The molecular weight excluding hydrogens is 286 g/mol. The number of primary amides is 1. The van der Waals surface area contributed by atoms with E-state index in [9.17, 15) is 18.4 Å². The Kier molecular flexibility index (Phi) is 4.21. The summed E-state index contributed by atoms with van der Waals surface area (Å²) in [5.41, 5.74) is 4.83. The van der Waals surface area contributed by atoms with Gasteiger partial charge in [0.15, 0.2) is 12.7 Å². The molecule has 9 heteroatoms. The van der Waals surface area contributed by atoms with Crippen LogP contribution >= 0.6 is 0 Å². The van der Waals surface area contributed by atoms with E-state index in [1.54, 1.807) is 0 Å². The Balaban J connectivity index is 2.23. The Hall–Kier alpha value is -2.84. The number of halogens is 2. The van der Waals surface area contributed by atoms with Gasteiger partial charge in [0, 0.05) is 0 Å². The molecule has 0 unspecified atom stereocenters. The Morgan fingerprint density at radius 2 is 2.05 bits per heavy atom. The maximum atomic E-state index is 13.5. The van der Waals surface area contributed by atoms with E-state index in [1.165, 1.54) is 18.2 Å². The van der Waals surface area contributed by atoms with Crippen molar-refractivity contribution in [3.05, 3.63) is 47.4 Å². The topological polar surface area (TPSA) is 111 Å². The number of hydrogen-bond donors (Lipinski definition) is 2. The van der Waals surface area contributed by atoms with Crippen LogP contribution in [0.25, 0.3) is 0 Å². The fourth-order valence-electron chi connectivity index (χ4n) is 1.55. The standard InChI is InChI=1S/C12H10F2N4O3/c13-5-8-17-18-12(21-8)9(10(15)19)16-11(20)6-3-1-2-4-7(6)14/h1-4,9H,5H2,(H2,15,19)(H,16,20)/t9-/m0/s1. The number of rotatable bonds is 5. The first-order valence-electron chi connectivity index (χ1n) is 5.76. The molecule has 1 aromatic heterocycles. The third-order valence-corrected chi connectivity index (χ3v) is 2.52. The molecule has 0 saturated carbocycles. The molecule has 0 spiro atoms. The molecule has 0 saturated heterocycles. The molecule has 1 atom stereocenters. The van der Waals surface area contributed by atoms with Gasteiger partial charge in [0.05, 0.1) is 5.56 Å². The quantitative estimate of drug-likeness (QED) is 0.840. The number of nitrogens with one attached hydrogen (secondary N) is 1. The number of benzene rings is 1. The van der Waals surface area contributed by atoms with Gasteiger partial charge in [-0.3, -0.25) is 9.59 Å². The lowest BCUT2D eigenvalue weighted by Crippen LogP contribution is -2.38. The molecule has 0 aliphatic heterocycles. The highest BCUT2D eigenvalue weighted by Gasteiger charge is 2.27. The molecule has 21 heavy (non-hydrogen) atoms. The second kappa shape index (κ2) is 6.07. The van der Waals surface area contributed by atoms with Gasteiger partial charge in [0.1, 0.15) is 5.82 Å². The highest BCUT2D eigenvalue weighted by atomic mass is 19.1. The molecule has 1 aromatic carbocycles. The smallest absolute Gasteiger partial charge is 0.255 e. The molecule has 2 rings (SSSR count). The summed E-state index contributed by atoms with van der Waals surface area (Å²) in [5.74, 6) is -3.41. The summed E-state index contributed by atoms with van der Waals surface area (Å²) < 4.78 is 30.6. The maximum Gasteiger partial charge on any atom is 0.255 e. The van der Waals surface area contributed by atoms with Gasteiger partial charge in [-0.25, -0.2) is 8.78 Å². The van der Waals surface area contributed by atoms with Gasteiger partial charge in [0.25, 0.3) is 5.91 Å². The monoisotopic (exact) mass is 296 g/mol. The highest BCUT2D eigenvalue weighted by molar-refractivity contribution is 5.97. The van der Waals surface area contributed by atoms with Crippen LogP contribution in [0.5, 0.6) is 0 Å². The van der Waals surface area contributed by atoms with Crippen molar-refractivity contribution >= 4 is 11.8 Å². The van der Waals surface area contributed by atoms with Crippen molar-refractivity contribution in [3.8, 4) is 0 Å². The SMILES string of the molecule is NC(=O)[C@H](NC(=O)c1ccccc1F)c1nnc(CF)o1. The summed E-state index contributed by atoms with van der Waals surface area (Å²) in [7, 11) is 0. The first kappa shape index (κ1) is 14.6. The highest BCUT2D eigenvalue weighted by Crippen LogP contribution is 2.14. The molecule has 1 heterocycles. The van der Waals surface area contributed by atoms with Crippen LogP contribution < -0.4 is 11.1 Å². The predicted molar refractivity (Wildman–Crippen MR) is 64.9 cm³/mol. The van der Waals surface area contributed by atoms with E-state index >= 15 is 0 Å². The number of amides is 2. The number of carbonyl (C=O) groups is 2. The van der Waals surface area contributed by atoms with Gasteiger partial charge in [0.2, 0.25) is 17.7 Å². The molecular formula is C12H10F2N4O3. The van der Waals surface area contributed by atoms with Gasteiger partial charge in [-0.15, -0.1) is 10.2 Å². The van der Waals surface area contributed by atoms with Gasteiger partial charge in [-0.05, 0) is 12.1 Å². The summed E-state index contributed by atoms with van der Waals surface area (Å²) in [6, 6.07) is 3.69. The normalized spacial score (nSPS) is 11.9. The molecule has 0 radical (unpaired) electrons. The van der Waals surface area contributed by atoms with E-state index in [-0.39, 0.29) is 17.3 Å². The Morgan fingerprint density at radius 3 is 2.62 bits per heavy atom. The molecule has 2 aromatic rings. The van der Waals surface area contributed by atoms with Crippen LogP contribution in [0.3, 0.4) is 0 Å². The van der Waals surface area contributed by atoms with E-state index in [2.05, 4.69) is 15.5 Å². The van der Waals surface area contributed by atoms with Crippen LogP contribution in [0.2, 0.25) is 0 Å². The van der Waals surface area contributed by atoms with Crippen molar-refractivity contribution in [3.63, 3.8) is 0 Å². The summed E-state index contributed by atoms with van der Waals surface area (Å²) in [5, 5.41) is 8.88. The zero-order valence-corrected chi connectivity index (χ0v) is 10.5. The molecule has 0 bridgehead atoms. The molecule has 2 amide bonds. The van der Waals surface area contributed by atoms with Crippen LogP contribution in [0.15, 0.2) is 28.7 Å². The summed E-state index contributed by atoms with van der Waals surface area (Å²) in [6.07, 6.45) is 0. The third kappa shape index (κ3) is 3.19. The number of hydrogen-bond acceptors (Lipinski definition) is 5. The second-order valence-corrected chi connectivity index (χ2v) is 3.96. The van der Waals surface area contributed by atoms with Crippen molar-refractivity contribution in [1.29, 1.82) is 0 Å². The first-order valence-corrected chi connectivity index (χ1v) is 5.76. The fraction of sp³-hybridized carbons (Fsp3) is 0.167. The van der Waals surface area contributed by atoms with Gasteiger partial charge >= 0.3 is 0 Å². The number of nitrogens with two attached hydrogens (primary N) is 1. The van der Waals surface area contributed by atoms with Crippen molar-refractivity contribution in [2.24, 2.45) is 5.73 Å². The average molecular weight is 296 g/mol. The second-order valence-electron chi connectivity index (χ2n) is 3.96. The molecule has 3 N–H and O–H groups in total. The van der Waals surface area contributed by atoms with Crippen molar-refractivity contribution in [2.45, 2.75) is 12.7 Å². The summed E-state index contributed by atoms with van der Waals surface area (Å²) in [6.45, 7) is -1.03. The number of alkyl halides is 1. The number of carbonyl (C=O) groups excluding carboxylic acids is 2. The van der Waals surface area contributed by atoms with Crippen LogP contribution in [0, 0.1) is 5.82 Å². The van der Waals surface area contributed by atoms with E-state index in [4.69, 9.17) is 10.2 Å². The molecule has 0 fully saturated rings. The number of nitrogens with zero attached hydrogens (tertiary/aromatic N) is 2. The van der Waals surface area contributed by atoms with Crippen LogP contribution in [0.1, 0.15) is 28.2 Å².